The van der Waals surface area contributed by atoms with Crippen LogP contribution in [0.25, 0.3) is 0 Å². The summed E-state index contributed by atoms with van der Waals surface area (Å²) in [6.45, 7) is 2.14. The molecule has 0 heterocycles. The highest BCUT2D eigenvalue weighted by Gasteiger charge is 2.01. The van der Waals surface area contributed by atoms with Crippen LogP contribution >= 0.6 is 12.6 Å². The highest BCUT2D eigenvalue weighted by molar-refractivity contribution is 7.80. The van der Waals surface area contributed by atoms with Crippen LogP contribution in [0.4, 0.5) is 4.39 Å². The van der Waals surface area contributed by atoms with E-state index in [-0.39, 0.29) is 11.7 Å². The molecule has 0 aromatic heterocycles. The molecule has 0 aliphatic carbocycles. The van der Waals surface area contributed by atoms with E-state index >= 15 is 0 Å². The molecule has 1 aromatic rings. The van der Waals surface area contributed by atoms with Crippen LogP contribution < -0.4 is 5.32 Å². The van der Waals surface area contributed by atoms with Gasteiger partial charge in [0.25, 0.3) is 0 Å². The maximum absolute atomic E-state index is 12.9. The Labute approximate surface area is 94.3 Å². The molecule has 0 aliphatic rings. The van der Waals surface area contributed by atoms with E-state index in [0.717, 1.165) is 5.56 Å². The topological polar surface area (TPSA) is 29.1 Å². The van der Waals surface area contributed by atoms with Crippen molar-refractivity contribution in [1.82, 2.24) is 5.32 Å². The summed E-state index contributed by atoms with van der Waals surface area (Å²) in [6.07, 6.45) is 0.406. The van der Waals surface area contributed by atoms with Gasteiger partial charge in [0, 0.05) is 13.0 Å². The Morgan fingerprint density at radius 2 is 2.27 bits per heavy atom. The quantitative estimate of drug-likeness (QED) is 0.758. The number of hydrogen-bond donors (Lipinski definition) is 2. The summed E-state index contributed by atoms with van der Waals surface area (Å²) in [6, 6.07) is 4.81. The summed E-state index contributed by atoms with van der Waals surface area (Å²) in [5.41, 5.74) is 1.50. The SMILES string of the molecule is Cc1cc(CNC(=O)CCS)ccc1F. The van der Waals surface area contributed by atoms with Gasteiger partial charge < -0.3 is 5.32 Å². The maximum atomic E-state index is 12.9. The van der Waals surface area contributed by atoms with Crippen LogP contribution in [0.15, 0.2) is 18.2 Å². The van der Waals surface area contributed by atoms with Crippen LogP contribution in [0.2, 0.25) is 0 Å². The lowest BCUT2D eigenvalue weighted by atomic mass is 10.1. The molecule has 0 radical (unpaired) electrons. The molecule has 0 saturated carbocycles. The molecule has 1 aromatic carbocycles. The molecular weight excluding hydrogens is 213 g/mol. The van der Waals surface area contributed by atoms with E-state index in [2.05, 4.69) is 17.9 Å². The van der Waals surface area contributed by atoms with Crippen molar-refractivity contribution in [2.24, 2.45) is 0 Å². The van der Waals surface area contributed by atoms with Gasteiger partial charge in [0.15, 0.2) is 0 Å². The van der Waals surface area contributed by atoms with Gasteiger partial charge in [0.05, 0.1) is 0 Å². The third-order valence-corrected chi connectivity index (χ3v) is 2.27. The fraction of sp³-hybridized carbons (Fsp3) is 0.364. The van der Waals surface area contributed by atoms with E-state index < -0.39 is 0 Å². The van der Waals surface area contributed by atoms with Crippen molar-refractivity contribution in [2.75, 3.05) is 5.75 Å². The predicted molar refractivity (Wildman–Crippen MR) is 61.5 cm³/mol. The monoisotopic (exact) mass is 227 g/mol. The third-order valence-electron chi connectivity index (χ3n) is 2.05. The smallest absolute Gasteiger partial charge is 0.221 e. The lowest BCUT2D eigenvalue weighted by molar-refractivity contribution is -0.120. The molecule has 0 fully saturated rings. The molecular formula is C11H14FNOS. The first-order chi connectivity index (χ1) is 7.13. The zero-order chi connectivity index (χ0) is 11.3. The number of thiol groups is 1. The number of halogens is 1. The van der Waals surface area contributed by atoms with Crippen LogP contribution in [-0.4, -0.2) is 11.7 Å². The van der Waals surface area contributed by atoms with E-state index in [4.69, 9.17) is 0 Å². The first-order valence-corrected chi connectivity index (χ1v) is 5.39. The van der Waals surface area contributed by atoms with Gasteiger partial charge in [0.1, 0.15) is 5.82 Å². The average molecular weight is 227 g/mol. The molecule has 0 atom stereocenters. The maximum Gasteiger partial charge on any atom is 0.221 e. The van der Waals surface area contributed by atoms with Crippen LogP contribution in [0.1, 0.15) is 17.5 Å². The molecule has 1 N–H and O–H groups in total. The van der Waals surface area contributed by atoms with Crippen LogP contribution in [0.3, 0.4) is 0 Å². The number of rotatable bonds is 4. The molecule has 0 spiro atoms. The van der Waals surface area contributed by atoms with Crippen LogP contribution in [0, 0.1) is 12.7 Å². The van der Waals surface area contributed by atoms with Crippen LogP contribution in [-0.2, 0) is 11.3 Å². The van der Waals surface area contributed by atoms with E-state index in [0.29, 0.717) is 24.3 Å². The number of hydrogen-bond acceptors (Lipinski definition) is 2. The first-order valence-electron chi connectivity index (χ1n) is 4.76. The molecule has 2 nitrogen and oxygen atoms in total. The van der Waals surface area contributed by atoms with E-state index in [9.17, 15) is 9.18 Å². The van der Waals surface area contributed by atoms with Gasteiger partial charge in [0.2, 0.25) is 5.91 Å². The van der Waals surface area contributed by atoms with Crippen molar-refractivity contribution >= 4 is 18.5 Å². The van der Waals surface area contributed by atoms with Crippen LogP contribution in [0.5, 0.6) is 0 Å². The van der Waals surface area contributed by atoms with Gasteiger partial charge in [-0.2, -0.15) is 12.6 Å². The molecule has 4 heteroatoms. The molecule has 0 bridgehead atoms. The second kappa shape index (κ2) is 5.75. The van der Waals surface area contributed by atoms with Crippen molar-refractivity contribution in [3.8, 4) is 0 Å². The third kappa shape index (κ3) is 3.91. The Bertz CT molecular complexity index is 354. The van der Waals surface area contributed by atoms with Gasteiger partial charge >= 0.3 is 0 Å². The molecule has 1 amide bonds. The molecule has 0 aliphatic heterocycles. The fourth-order valence-electron chi connectivity index (χ4n) is 1.21. The Balaban J connectivity index is 2.51. The minimum atomic E-state index is -0.222. The summed E-state index contributed by atoms with van der Waals surface area (Å²) < 4.78 is 12.9. The van der Waals surface area contributed by atoms with Gasteiger partial charge in [-0.15, -0.1) is 0 Å². The number of nitrogens with one attached hydrogen (secondary N) is 1. The Morgan fingerprint density at radius 1 is 1.53 bits per heavy atom. The number of carbonyl (C=O) groups excluding carboxylic acids is 1. The summed E-state index contributed by atoms with van der Waals surface area (Å²) in [5, 5.41) is 2.74. The highest BCUT2D eigenvalue weighted by Crippen LogP contribution is 2.08. The minimum absolute atomic E-state index is 0.0352. The molecule has 0 unspecified atom stereocenters. The van der Waals surface area contributed by atoms with E-state index in [1.54, 1.807) is 19.1 Å². The minimum Gasteiger partial charge on any atom is -0.352 e. The molecule has 15 heavy (non-hydrogen) atoms. The molecule has 1 rings (SSSR count). The van der Waals surface area contributed by atoms with Gasteiger partial charge in [-0.25, -0.2) is 4.39 Å². The average Bonchev–Trinajstić information content (AvgIpc) is 2.20. The van der Waals surface area contributed by atoms with Gasteiger partial charge in [-0.3, -0.25) is 4.79 Å². The lowest BCUT2D eigenvalue weighted by Gasteiger charge is -2.05. The zero-order valence-electron chi connectivity index (χ0n) is 8.59. The summed E-state index contributed by atoms with van der Waals surface area (Å²) in [5.74, 6) is 0.279. The first kappa shape index (κ1) is 12.0. The Hall–Kier alpha value is -1.03. The summed E-state index contributed by atoms with van der Waals surface area (Å²) in [4.78, 5) is 11.1. The normalized spacial score (nSPS) is 10.1. The van der Waals surface area contributed by atoms with Gasteiger partial charge in [-0.05, 0) is 29.9 Å². The van der Waals surface area contributed by atoms with Gasteiger partial charge in [-0.1, -0.05) is 12.1 Å². The number of benzene rings is 1. The second-order valence-corrected chi connectivity index (χ2v) is 3.78. The zero-order valence-corrected chi connectivity index (χ0v) is 9.48. The largest absolute Gasteiger partial charge is 0.352 e. The van der Waals surface area contributed by atoms with Crippen molar-refractivity contribution < 1.29 is 9.18 Å². The predicted octanol–water partition coefficient (Wildman–Crippen LogP) is 2.07. The number of aryl methyl sites for hydroxylation is 1. The molecule has 82 valence electrons. The number of carbonyl (C=O) groups is 1. The highest BCUT2D eigenvalue weighted by atomic mass is 32.1. The van der Waals surface area contributed by atoms with Crippen molar-refractivity contribution in [1.29, 1.82) is 0 Å². The standard InChI is InChI=1S/C11H14FNOS/c1-8-6-9(2-3-10(8)12)7-13-11(14)4-5-15/h2-3,6,15H,4-5,7H2,1H3,(H,13,14). The Kier molecular flexibility index (Phi) is 4.62. The summed E-state index contributed by atoms with van der Waals surface area (Å²) >= 11 is 3.96. The van der Waals surface area contributed by atoms with Crippen molar-refractivity contribution in [3.05, 3.63) is 35.1 Å². The Morgan fingerprint density at radius 3 is 2.87 bits per heavy atom. The summed E-state index contributed by atoms with van der Waals surface area (Å²) in [7, 11) is 0. The van der Waals surface area contributed by atoms with Crippen molar-refractivity contribution in [3.63, 3.8) is 0 Å². The van der Waals surface area contributed by atoms with E-state index in [1.165, 1.54) is 6.07 Å². The second-order valence-electron chi connectivity index (χ2n) is 3.33. The lowest BCUT2D eigenvalue weighted by Crippen LogP contribution is -2.22. The van der Waals surface area contributed by atoms with E-state index in [1.807, 2.05) is 0 Å². The molecule has 0 saturated heterocycles. The fourth-order valence-corrected chi connectivity index (χ4v) is 1.41. The van der Waals surface area contributed by atoms with Crippen molar-refractivity contribution in [2.45, 2.75) is 19.9 Å². The number of amides is 1.